The molecule has 0 radical (unpaired) electrons. The molecule has 2 amide bonds. The van der Waals surface area contributed by atoms with Gasteiger partial charge >= 0.3 is 12.1 Å². The third kappa shape index (κ3) is 2.41. The fourth-order valence-corrected chi connectivity index (χ4v) is 8.25. The van der Waals surface area contributed by atoms with Crippen LogP contribution in [0.15, 0.2) is 6.07 Å². The van der Waals surface area contributed by atoms with Crippen molar-refractivity contribution in [2.75, 3.05) is 32.5 Å². The Labute approximate surface area is 206 Å². The van der Waals surface area contributed by atoms with Gasteiger partial charge in [-0.15, -0.1) is 0 Å². The molecule has 3 fully saturated rings. The van der Waals surface area contributed by atoms with Crippen LogP contribution in [-0.4, -0.2) is 68.3 Å². The van der Waals surface area contributed by atoms with E-state index in [0.29, 0.717) is 24.9 Å². The Morgan fingerprint density at radius 1 is 1.14 bits per heavy atom. The first-order chi connectivity index (χ1) is 16.8. The summed E-state index contributed by atoms with van der Waals surface area (Å²) in [7, 11) is 2.48. The van der Waals surface area contributed by atoms with E-state index >= 15 is 0 Å². The zero-order valence-electron chi connectivity index (χ0n) is 19.4. The standard InChI is InChI=1S/C24H25ClN2O8/c1-32-20(30)24-6-5-22-4-3-7-26(11-28)19(22)23(24,10-13(29)9-22)14-8-15(25)17-18(35-12-34-17)16(14)27(24)21(31)33-2/h8,11,19H,3-7,9-10,12H2,1-2H3/t19-,22+,23+,24+/m0/s1. The third-order valence-corrected chi connectivity index (χ3v) is 9.17. The number of likely N-dealkylation sites (tertiary alicyclic amines) is 1. The molecule has 4 atom stereocenters. The van der Waals surface area contributed by atoms with Gasteiger partial charge in [-0.05, 0) is 42.7 Å². The first-order valence-corrected chi connectivity index (χ1v) is 12.0. The van der Waals surface area contributed by atoms with Crippen LogP contribution in [0, 0.1) is 5.41 Å². The molecule has 1 aromatic carbocycles. The fourth-order valence-electron chi connectivity index (χ4n) is 8.00. The predicted octanol–water partition coefficient (Wildman–Crippen LogP) is 2.57. The largest absolute Gasteiger partial charge is 0.467 e. The van der Waals surface area contributed by atoms with Crippen LogP contribution in [0.3, 0.4) is 0 Å². The monoisotopic (exact) mass is 504 g/mol. The van der Waals surface area contributed by atoms with E-state index in [9.17, 15) is 19.2 Å². The van der Waals surface area contributed by atoms with Gasteiger partial charge in [0.15, 0.2) is 17.0 Å². The predicted molar refractivity (Wildman–Crippen MR) is 121 cm³/mol. The second-order valence-corrected chi connectivity index (χ2v) is 10.5. The Morgan fingerprint density at radius 2 is 1.91 bits per heavy atom. The molecule has 0 unspecified atom stereocenters. The highest BCUT2D eigenvalue weighted by Gasteiger charge is 2.80. The number of piperidine rings is 1. The van der Waals surface area contributed by atoms with E-state index in [0.717, 1.165) is 19.3 Å². The van der Waals surface area contributed by atoms with Crippen LogP contribution in [-0.2, 0) is 29.3 Å². The van der Waals surface area contributed by atoms with Crippen molar-refractivity contribution in [2.24, 2.45) is 5.41 Å². The van der Waals surface area contributed by atoms with E-state index in [-0.39, 0.29) is 47.6 Å². The minimum absolute atomic E-state index is 0.0339. The van der Waals surface area contributed by atoms with Gasteiger partial charge in [-0.3, -0.25) is 14.5 Å². The first-order valence-electron chi connectivity index (χ1n) is 11.6. The number of fused-ring (bicyclic) bond motifs is 3. The Balaban J connectivity index is 1.77. The van der Waals surface area contributed by atoms with E-state index in [4.69, 9.17) is 30.5 Å². The molecule has 10 nitrogen and oxygen atoms in total. The second-order valence-electron chi connectivity index (χ2n) is 10.1. The van der Waals surface area contributed by atoms with Crippen molar-refractivity contribution < 1.29 is 38.1 Å². The summed E-state index contributed by atoms with van der Waals surface area (Å²) in [5, 5.41) is 0.235. The first kappa shape index (κ1) is 22.5. The molecule has 1 saturated heterocycles. The van der Waals surface area contributed by atoms with Gasteiger partial charge in [0.05, 0.1) is 36.4 Å². The van der Waals surface area contributed by atoms with Crippen LogP contribution in [0.1, 0.15) is 44.1 Å². The maximum atomic E-state index is 13.9. The number of esters is 1. The maximum absolute atomic E-state index is 13.9. The summed E-state index contributed by atoms with van der Waals surface area (Å²) in [5.74, 6) is -0.253. The molecule has 186 valence electrons. The van der Waals surface area contributed by atoms with Gasteiger partial charge in [-0.2, -0.15) is 0 Å². The van der Waals surface area contributed by atoms with Crippen molar-refractivity contribution in [1.29, 1.82) is 0 Å². The lowest BCUT2D eigenvalue weighted by Gasteiger charge is -2.66. The van der Waals surface area contributed by atoms with Gasteiger partial charge < -0.3 is 23.8 Å². The molecule has 11 heteroatoms. The molecule has 2 bridgehead atoms. The number of methoxy groups -OCH3 is 2. The van der Waals surface area contributed by atoms with E-state index < -0.39 is 34.5 Å². The van der Waals surface area contributed by atoms with Gasteiger partial charge in [0, 0.05) is 19.4 Å². The molecule has 3 heterocycles. The molecular formula is C24H25ClN2O8. The van der Waals surface area contributed by atoms with Crippen LogP contribution in [0.4, 0.5) is 10.5 Å². The summed E-state index contributed by atoms with van der Waals surface area (Å²) < 4.78 is 21.9. The van der Waals surface area contributed by atoms with Gasteiger partial charge in [0.2, 0.25) is 13.2 Å². The number of anilines is 1. The molecule has 3 aliphatic heterocycles. The average molecular weight is 505 g/mol. The van der Waals surface area contributed by atoms with Gasteiger partial charge in [-0.25, -0.2) is 9.59 Å². The number of amides is 2. The van der Waals surface area contributed by atoms with E-state index in [2.05, 4.69) is 0 Å². The fraction of sp³-hybridized carbons (Fsp3) is 0.583. The SMILES string of the molecule is COC(=O)N1c2c(cc(Cl)c3c2OCO3)[C@]23CC(=O)C[C@@]4(CCCN(C=O)[C@@H]42)CC[C@]13C(=O)OC. The quantitative estimate of drug-likeness (QED) is 0.446. The number of carbonyl (C=O) groups excluding carboxylic acids is 4. The minimum atomic E-state index is -1.65. The molecule has 6 rings (SSSR count). The van der Waals surface area contributed by atoms with Crippen molar-refractivity contribution in [3.63, 3.8) is 0 Å². The number of benzene rings is 1. The minimum Gasteiger partial charge on any atom is -0.467 e. The summed E-state index contributed by atoms with van der Waals surface area (Å²) >= 11 is 6.63. The Kier molecular flexibility index (Phi) is 4.65. The Bertz CT molecular complexity index is 1190. The smallest absolute Gasteiger partial charge is 0.415 e. The van der Waals surface area contributed by atoms with E-state index in [1.165, 1.54) is 19.1 Å². The summed E-state index contributed by atoms with van der Waals surface area (Å²) in [4.78, 5) is 56.3. The van der Waals surface area contributed by atoms with Crippen LogP contribution in [0.5, 0.6) is 11.5 Å². The topological polar surface area (TPSA) is 112 Å². The summed E-state index contributed by atoms with van der Waals surface area (Å²) in [6, 6.07) is 1.12. The zero-order valence-corrected chi connectivity index (χ0v) is 20.2. The zero-order chi connectivity index (χ0) is 24.8. The van der Waals surface area contributed by atoms with Gasteiger partial charge in [-0.1, -0.05) is 11.6 Å². The highest BCUT2D eigenvalue weighted by Crippen LogP contribution is 2.72. The number of hydrogen-bond acceptors (Lipinski definition) is 8. The highest BCUT2D eigenvalue weighted by atomic mass is 35.5. The third-order valence-electron chi connectivity index (χ3n) is 8.89. The van der Waals surface area contributed by atoms with Crippen molar-refractivity contribution in [1.82, 2.24) is 4.90 Å². The highest BCUT2D eigenvalue weighted by molar-refractivity contribution is 6.33. The van der Waals surface area contributed by atoms with Crippen LogP contribution in [0.25, 0.3) is 0 Å². The lowest BCUT2D eigenvalue weighted by Crippen LogP contribution is -2.79. The number of ketones is 1. The summed E-state index contributed by atoms with van der Waals surface area (Å²) in [5.41, 5.74) is -2.70. The average Bonchev–Trinajstić information content (AvgIpc) is 3.43. The molecule has 0 aromatic heterocycles. The van der Waals surface area contributed by atoms with Gasteiger partial charge in [0.25, 0.3) is 0 Å². The number of nitrogens with zero attached hydrogens (tertiary/aromatic N) is 2. The molecule has 1 aromatic rings. The second kappa shape index (κ2) is 7.25. The lowest BCUT2D eigenvalue weighted by atomic mass is 9.42. The van der Waals surface area contributed by atoms with Crippen LogP contribution < -0.4 is 14.4 Å². The molecule has 5 aliphatic rings. The van der Waals surface area contributed by atoms with Crippen molar-refractivity contribution >= 4 is 41.5 Å². The molecule has 0 N–H and O–H groups in total. The number of halogens is 1. The molecular weight excluding hydrogens is 480 g/mol. The summed E-state index contributed by atoms with van der Waals surface area (Å²) in [6.45, 7) is 0.362. The van der Waals surface area contributed by atoms with E-state index in [1.807, 2.05) is 0 Å². The normalized spacial score (nSPS) is 34.0. The Morgan fingerprint density at radius 3 is 2.63 bits per heavy atom. The number of ether oxygens (including phenoxy) is 4. The van der Waals surface area contributed by atoms with Crippen molar-refractivity contribution in [3.05, 3.63) is 16.7 Å². The Hall–Kier alpha value is -3.01. The molecule has 1 spiro atoms. The number of hydrogen-bond donors (Lipinski definition) is 0. The van der Waals surface area contributed by atoms with Gasteiger partial charge in [0.1, 0.15) is 5.78 Å². The van der Waals surface area contributed by atoms with Crippen LogP contribution >= 0.6 is 11.6 Å². The van der Waals surface area contributed by atoms with Crippen LogP contribution in [0.2, 0.25) is 5.02 Å². The molecule has 35 heavy (non-hydrogen) atoms. The molecule has 2 saturated carbocycles. The maximum Gasteiger partial charge on any atom is 0.415 e. The lowest BCUT2D eigenvalue weighted by molar-refractivity contribution is -0.175. The van der Waals surface area contributed by atoms with Crippen molar-refractivity contribution in [2.45, 2.75) is 55.5 Å². The molecule has 2 aliphatic carbocycles. The number of rotatable bonds is 2. The summed E-state index contributed by atoms with van der Waals surface area (Å²) in [6.07, 6.45) is 2.41. The number of carbonyl (C=O) groups is 4. The van der Waals surface area contributed by atoms with E-state index in [1.54, 1.807) is 11.0 Å². The van der Waals surface area contributed by atoms with Crippen molar-refractivity contribution in [3.8, 4) is 11.5 Å². The number of Topliss-reactive ketones (excluding diaryl/α,β-unsaturated/α-hetero) is 1.